The van der Waals surface area contributed by atoms with Crippen LogP contribution in [0.5, 0.6) is 0 Å². The first-order valence-electron chi connectivity index (χ1n) is 7.51. The van der Waals surface area contributed by atoms with E-state index in [1.807, 2.05) is 19.9 Å². The lowest BCUT2D eigenvalue weighted by molar-refractivity contribution is -0.148. The molecule has 0 aliphatic heterocycles. The van der Waals surface area contributed by atoms with Crippen molar-refractivity contribution in [2.75, 3.05) is 6.61 Å². The summed E-state index contributed by atoms with van der Waals surface area (Å²) >= 11 is 0. The molecule has 0 aliphatic carbocycles. The molecule has 0 bridgehead atoms. The Labute approximate surface area is 139 Å². The second-order valence-corrected chi connectivity index (χ2v) is 5.30. The molecular formula is C17H19N3O4. The third-order valence-corrected chi connectivity index (χ3v) is 3.28. The van der Waals surface area contributed by atoms with Gasteiger partial charge in [-0.1, -0.05) is 18.2 Å². The Hall–Kier alpha value is -2.96. The van der Waals surface area contributed by atoms with Gasteiger partial charge in [-0.2, -0.15) is 5.10 Å². The Kier molecular flexibility index (Phi) is 5.83. The van der Waals surface area contributed by atoms with Crippen LogP contribution in [-0.2, 0) is 20.9 Å². The molecule has 2 amide bonds. The summed E-state index contributed by atoms with van der Waals surface area (Å²) in [4.78, 5) is 35.1. The smallest absolute Gasteiger partial charge is 0.308 e. The number of carbonyl (C=O) groups is 3. The van der Waals surface area contributed by atoms with Crippen LogP contribution in [0.25, 0.3) is 0 Å². The average molecular weight is 329 g/mol. The molecule has 2 aromatic rings. The third kappa shape index (κ3) is 5.05. The van der Waals surface area contributed by atoms with E-state index < -0.39 is 24.4 Å². The van der Waals surface area contributed by atoms with Crippen molar-refractivity contribution in [3.63, 3.8) is 0 Å². The van der Waals surface area contributed by atoms with Crippen LogP contribution in [-0.4, -0.2) is 34.2 Å². The number of carbonyl (C=O) groups excluding carboxylic acids is 3. The van der Waals surface area contributed by atoms with Gasteiger partial charge in [-0.25, -0.2) is 0 Å². The largest absolute Gasteiger partial charge is 0.456 e. The van der Waals surface area contributed by atoms with Crippen LogP contribution in [0.15, 0.2) is 36.4 Å². The van der Waals surface area contributed by atoms with E-state index in [0.29, 0.717) is 12.1 Å². The summed E-state index contributed by atoms with van der Waals surface area (Å²) in [5.74, 6) is -1.72. The highest BCUT2D eigenvalue weighted by atomic mass is 16.5. The van der Waals surface area contributed by atoms with Crippen LogP contribution in [0.4, 0.5) is 0 Å². The molecule has 1 aromatic carbocycles. The second-order valence-electron chi connectivity index (χ2n) is 5.30. The predicted octanol–water partition coefficient (Wildman–Crippen LogP) is 1.39. The fourth-order valence-corrected chi connectivity index (χ4v) is 2.14. The van der Waals surface area contributed by atoms with Gasteiger partial charge in [0.05, 0.1) is 18.7 Å². The van der Waals surface area contributed by atoms with Crippen LogP contribution < -0.4 is 5.32 Å². The van der Waals surface area contributed by atoms with Crippen molar-refractivity contribution in [3.05, 3.63) is 53.3 Å². The molecule has 126 valence electrons. The van der Waals surface area contributed by atoms with Gasteiger partial charge in [-0.3, -0.25) is 24.4 Å². The SMILES string of the molecule is Cc1cc(C)n(CCC(=O)OCC(=O)NC(=O)c2ccccc2)n1. The summed E-state index contributed by atoms with van der Waals surface area (Å²) in [6.45, 7) is 3.65. The second kappa shape index (κ2) is 8.05. The lowest BCUT2D eigenvalue weighted by atomic mass is 10.2. The van der Waals surface area contributed by atoms with E-state index in [4.69, 9.17) is 4.74 Å². The quantitative estimate of drug-likeness (QED) is 0.809. The Morgan fingerprint density at radius 1 is 1.17 bits per heavy atom. The van der Waals surface area contributed by atoms with Crippen molar-refractivity contribution in [2.45, 2.75) is 26.8 Å². The molecule has 0 fully saturated rings. The van der Waals surface area contributed by atoms with E-state index >= 15 is 0 Å². The van der Waals surface area contributed by atoms with Crippen LogP contribution >= 0.6 is 0 Å². The van der Waals surface area contributed by atoms with E-state index in [1.54, 1.807) is 35.0 Å². The molecule has 0 aliphatic rings. The van der Waals surface area contributed by atoms with E-state index in [-0.39, 0.29) is 6.42 Å². The van der Waals surface area contributed by atoms with Gasteiger partial charge < -0.3 is 4.74 Å². The van der Waals surface area contributed by atoms with Gasteiger partial charge in [0.15, 0.2) is 6.61 Å². The number of aryl methyl sites for hydroxylation is 3. The molecule has 0 radical (unpaired) electrons. The van der Waals surface area contributed by atoms with Crippen LogP contribution in [0.1, 0.15) is 28.2 Å². The van der Waals surface area contributed by atoms with Gasteiger partial charge in [0.25, 0.3) is 11.8 Å². The minimum absolute atomic E-state index is 0.0991. The normalized spacial score (nSPS) is 10.2. The molecule has 0 atom stereocenters. The monoisotopic (exact) mass is 329 g/mol. The van der Waals surface area contributed by atoms with E-state index in [9.17, 15) is 14.4 Å². The molecule has 1 N–H and O–H groups in total. The molecule has 1 heterocycles. The molecular weight excluding hydrogens is 310 g/mol. The molecule has 1 aromatic heterocycles. The fraction of sp³-hybridized carbons (Fsp3) is 0.294. The number of nitrogens with zero attached hydrogens (tertiary/aromatic N) is 2. The molecule has 0 saturated carbocycles. The summed E-state index contributed by atoms with van der Waals surface area (Å²) in [7, 11) is 0. The van der Waals surface area contributed by atoms with Crippen molar-refractivity contribution in [3.8, 4) is 0 Å². The maximum absolute atomic E-state index is 11.8. The van der Waals surface area contributed by atoms with E-state index in [2.05, 4.69) is 10.4 Å². The molecule has 7 nitrogen and oxygen atoms in total. The van der Waals surface area contributed by atoms with Crippen LogP contribution in [0.3, 0.4) is 0 Å². The molecule has 0 saturated heterocycles. The van der Waals surface area contributed by atoms with Crippen molar-refractivity contribution >= 4 is 17.8 Å². The topological polar surface area (TPSA) is 90.3 Å². The highest BCUT2D eigenvalue weighted by molar-refractivity contribution is 6.05. The zero-order chi connectivity index (χ0) is 17.5. The van der Waals surface area contributed by atoms with Gasteiger partial charge >= 0.3 is 5.97 Å². The van der Waals surface area contributed by atoms with Gasteiger partial charge in [-0.15, -0.1) is 0 Å². The van der Waals surface area contributed by atoms with Crippen molar-refractivity contribution in [2.24, 2.45) is 0 Å². The minimum Gasteiger partial charge on any atom is -0.456 e. The summed E-state index contributed by atoms with van der Waals surface area (Å²) < 4.78 is 6.57. The van der Waals surface area contributed by atoms with Gasteiger partial charge in [0, 0.05) is 11.3 Å². The first kappa shape index (κ1) is 17.4. The summed E-state index contributed by atoms with van der Waals surface area (Å²) in [6, 6.07) is 10.2. The fourth-order valence-electron chi connectivity index (χ4n) is 2.14. The lowest BCUT2D eigenvalue weighted by Gasteiger charge is -2.07. The Morgan fingerprint density at radius 2 is 1.88 bits per heavy atom. The Balaban J connectivity index is 1.72. The number of aromatic nitrogens is 2. The number of ether oxygens (including phenoxy) is 1. The van der Waals surface area contributed by atoms with Crippen molar-refractivity contribution < 1.29 is 19.1 Å². The predicted molar refractivity (Wildman–Crippen MR) is 86.2 cm³/mol. The molecule has 0 spiro atoms. The Bertz CT molecular complexity index is 738. The van der Waals surface area contributed by atoms with Gasteiger partial charge in [0.2, 0.25) is 0 Å². The zero-order valence-corrected chi connectivity index (χ0v) is 13.6. The number of hydrogen-bond acceptors (Lipinski definition) is 5. The highest BCUT2D eigenvalue weighted by Gasteiger charge is 2.12. The molecule has 24 heavy (non-hydrogen) atoms. The summed E-state index contributed by atoms with van der Waals surface area (Å²) in [6.07, 6.45) is 0.0991. The minimum atomic E-state index is -0.664. The maximum atomic E-state index is 11.8. The molecule has 2 rings (SSSR count). The first-order chi connectivity index (χ1) is 11.5. The maximum Gasteiger partial charge on any atom is 0.308 e. The van der Waals surface area contributed by atoms with E-state index in [1.165, 1.54) is 0 Å². The number of nitrogens with one attached hydrogen (secondary N) is 1. The van der Waals surface area contributed by atoms with Gasteiger partial charge in [-0.05, 0) is 32.0 Å². The Morgan fingerprint density at radius 3 is 2.50 bits per heavy atom. The average Bonchev–Trinajstić information content (AvgIpc) is 2.89. The highest BCUT2D eigenvalue weighted by Crippen LogP contribution is 2.03. The standard InChI is InChI=1S/C17H19N3O4/c1-12-10-13(2)20(19-12)9-8-16(22)24-11-15(21)18-17(23)14-6-4-3-5-7-14/h3-7,10H,8-9,11H2,1-2H3,(H,18,21,23). The van der Waals surface area contributed by atoms with Crippen molar-refractivity contribution in [1.29, 1.82) is 0 Å². The van der Waals surface area contributed by atoms with Crippen LogP contribution in [0.2, 0.25) is 0 Å². The number of imide groups is 1. The summed E-state index contributed by atoms with van der Waals surface area (Å²) in [5.41, 5.74) is 2.19. The number of amides is 2. The van der Waals surface area contributed by atoms with E-state index in [0.717, 1.165) is 11.4 Å². The zero-order valence-electron chi connectivity index (χ0n) is 13.6. The van der Waals surface area contributed by atoms with Crippen LogP contribution in [0, 0.1) is 13.8 Å². The van der Waals surface area contributed by atoms with Gasteiger partial charge in [0.1, 0.15) is 0 Å². The van der Waals surface area contributed by atoms with Crippen molar-refractivity contribution in [1.82, 2.24) is 15.1 Å². The molecule has 7 heteroatoms. The number of hydrogen-bond donors (Lipinski definition) is 1. The first-order valence-corrected chi connectivity index (χ1v) is 7.51. The summed E-state index contributed by atoms with van der Waals surface area (Å²) in [5, 5.41) is 6.40. The third-order valence-electron chi connectivity index (χ3n) is 3.28. The lowest BCUT2D eigenvalue weighted by Crippen LogP contribution is -2.34. The number of rotatable bonds is 6. The number of esters is 1. The molecule has 0 unspecified atom stereocenters. The number of benzene rings is 1.